The van der Waals surface area contributed by atoms with Gasteiger partial charge in [-0.2, -0.15) is 0 Å². The number of rotatable bonds is 7. The monoisotopic (exact) mass is 381 g/mol. The number of para-hydroxylation sites is 1. The predicted molar refractivity (Wildman–Crippen MR) is 107 cm³/mol. The molecular formula is C22H23NO5. The van der Waals surface area contributed by atoms with E-state index in [-0.39, 0.29) is 24.7 Å². The van der Waals surface area contributed by atoms with E-state index >= 15 is 0 Å². The second-order valence-corrected chi connectivity index (χ2v) is 6.58. The molecule has 3 aromatic rings. The molecular weight excluding hydrogens is 358 g/mol. The Morgan fingerprint density at radius 2 is 1.79 bits per heavy atom. The van der Waals surface area contributed by atoms with Gasteiger partial charge in [0.2, 0.25) is 5.76 Å². The number of carbonyl (C=O) groups excluding carboxylic acids is 2. The van der Waals surface area contributed by atoms with Crippen LogP contribution in [0.2, 0.25) is 0 Å². The fraction of sp³-hybridized carbons (Fsp3) is 0.273. The number of esters is 1. The Labute approximate surface area is 163 Å². The second-order valence-electron chi connectivity index (χ2n) is 6.58. The second kappa shape index (κ2) is 8.61. The largest absolute Gasteiger partial charge is 0.484 e. The number of hydrogen-bond acceptors (Lipinski definition) is 5. The molecule has 0 fully saturated rings. The molecule has 0 aliphatic heterocycles. The van der Waals surface area contributed by atoms with Gasteiger partial charge in [0.1, 0.15) is 17.0 Å². The molecule has 0 bridgehead atoms. The van der Waals surface area contributed by atoms with Crippen LogP contribution in [0.5, 0.6) is 5.75 Å². The first-order valence-electron chi connectivity index (χ1n) is 9.20. The van der Waals surface area contributed by atoms with Crippen molar-refractivity contribution >= 4 is 28.5 Å². The molecule has 6 heteroatoms. The van der Waals surface area contributed by atoms with Crippen LogP contribution in [0.25, 0.3) is 11.0 Å². The summed E-state index contributed by atoms with van der Waals surface area (Å²) in [4.78, 5) is 24.6. The lowest BCUT2D eigenvalue weighted by atomic mass is 10.0. The van der Waals surface area contributed by atoms with Crippen molar-refractivity contribution in [1.82, 2.24) is 0 Å². The molecule has 1 heterocycles. The van der Waals surface area contributed by atoms with Crippen LogP contribution in [0.3, 0.4) is 0 Å². The summed E-state index contributed by atoms with van der Waals surface area (Å²) >= 11 is 0. The third kappa shape index (κ3) is 4.34. The Hall–Kier alpha value is -3.28. The molecule has 0 aliphatic carbocycles. The van der Waals surface area contributed by atoms with Crippen molar-refractivity contribution in [2.24, 2.45) is 0 Å². The zero-order valence-electron chi connectivity index (χ0n) is 16.2. The van der Waals surface area contributed by atoms with Gasteiger partial charge in [-0.25, -0.2) is 4.79 Å². The maximum absolute atomic E-state index is 12.4. The van der Waals surface area contributed by atoms with Gasteiger partial charge in [0.05, 0.1) is 6.61 Å². The molecule has 1 amide bonds. The maximum atomic E-state index is 12.4. The quantitative estimate of drug-likeness (QED) is 0.598. The highest BCUT2D eigenvalue weighted by atomic mass is 16.5. The summed E-state index contributed by atoms with van der Waals surface area (Å²) in [6.07, 6.45) is 0. The number of ether oxygens (including phenoxy) is 2. The molecule has 0 atom stereocenters. The Balaban J connectivity index is 1.73. The summed E-state index contributed by atoms with van der Waals surface area (Å²) in [5.41, 5.74) is 1.98. The summed E-state index contributed by atoms with van der Waals surface area (Å²) in [6, 6.07) is 14.7. The van der Waals surface area contributed by atoms with Crippen LogP contribution >= 0.6 is 0 Å². The number of hydrogen-bond donors (Lipinski definition) is 1. The summed E-state index contributed by atoms with van der Waals surface area (Å²) in [7, 11) is 0. The Morgan fingerprint density at radius 1 is 1.07 bits per heavy atom. The Kier molecular flexibility index (Phi) is 5.99. The summed E-state index contributed by atoms with van der Waals surface area (Å²) in [5.74, 6) is -0.0304. The first kappa shape index (κ1) is 19.5. The minimum atomic E-state index is -0.626. The van der Waals surface area contributed by atoms with Crippen LogP contribution < -0.4 is 10.1 Å². The Morgan fingerprint density at radius 3 is 2.46 bits per heavy atom. The molecule has 28 heavy (non-hydrogen) atoms. The van der Waals surface area contributed by atoms with Crippen LogP contribution in [0.4, 0.5) is 5.69 Å². The molecule has 3 rings (SSSR count). The van der Waals surface area contributed by atoms with E-state index in [9.17, 15) is 9.59 Å². The molecule has 0 unspecified atom stereocenters. The van der Waals surface area contributed by atoms with E-state index in [2.05, 4.69) is 19.2 Å². The van der Waals surface area contributed by atoms with Gasteiger partial charge in [-0.05, 0) is 42.7 Å². The van der Waals surface area contributed by atoms with Gasteiger partial charge in [-0.15, -0.1) is 0 Å². The lowest BCUT2D eigenvalue weighted by Crippen LogP contribution is -2.21. The SMILES string of the molecule is CCOC(=O)c1oc2ccccc2c1NC(=O)COc1ccc(C(C)C)cc1. The van der Waals surface area contributed by atoms with Crippen LogP contribution in [0.1, 0.15) is 42.8 Å². The molecule has 0 radical (unpaired) electrons. The topological polar surface area (TPSA) is 77.8 Å². The zero-order chi connectivity index (χ0) is 20.1. The standard InChI is InChI=1S/C22H23NO5/c1-4-26-22(25)21-20(17-7-5-6-8-18(17)28-21)23-19(24)13-27-16-11-9-15(10-12-16)14(2)3/h5-12,14H,4,13H2,1-3H3,(H,23,24). The third-order valence-corrected chi connectivity index (χ3v) is 4.24. The van der Waals surface area contributed by atoms with Gasteiger partial charge < -0.3 is 19.2 Å². The minimum Gasteiger partial charge on any atom is -0.484 e. The van der Waals surface area contributed by atoms with Gasteiger partial charge >= 0.3 is 5.97 Å². The summed E-state index contributed by atoms with van der Waals surface area (Å²) in [6.45, 7) is 5.94. The minimum absolute atomic E-state index is 0.0299. The Bertz CT molecular complexity index is 972. The molecule has 1 aromatic heterocycles. The van der Waals surface area contributed by atoms with E-state index in [1.54, 1.807) is 31.2 Å². The maximum Gasteiger partial charge on any atom is 0.376 e. The molecule has 0 aliphatic rings. The van der Waals surface area contributed by atoms with Crippen molar-refractivity contribution in [2.45, 2.75) is 26.7 Å². The molecule has 6 nitrogen and oxygen atoms in total. The van der Waals surface area contributed by atoms with Crippen LogP contribution in [-0.2, 0) is 9.53 Å². The number of anilines is 1. The lowest BCUT2D eigenvalue weighted by molar-refractivity contribution is -0.118. The third-order valence-electron chi connectivity index (χ3n) is 4.24. The van der Waals surface area contributed by atoms with Crippen molar-refractivity contribution < 1.29 is 23.5 Å². The molecule has 0 spiro atoms. The van der Waals surface area contributed by atoms with E-state index in [4.69, 9.17) is 13.9 Å². The van der Waals surface area contributed by atoms with E-state index in [1.165, 1.54) is 5.56 Å². The van der Waals surface area contributed by atoms with Crippen LogP contribution in [0.15, 0.2) is 52.9 Å². The molecule has 2 aromatic carbocycles. The summed E-state index contributed by atoms with van der Waals surface area (Å²) in [5, 5.41) is 3.34. The average molecular weight is 381 g/mol. The number of fused-ring (bicyclic) bond motifs is 1. The molecule has 0 saturated carbocycles. The number of nitrogens with one attached hydrogen (secondary N) is 1. The van der Waals surface area contributed by atoms with Gasteiger partial charge in [-0.3, -0.25) is 4.79 Å². The fourth-order valence-corrected chi connectivity index (χ4v) is 2.78. The van der Waals surface area contributed by atoms with Crippen molar-refractivity contribution in [1.29, 1.82) is 0 Å². The van der Waals surface area contributed by atoms with Crippen molar-refractivity contribution in [3.05, 3.63) is 59.9 Å². The van der Waals surface area contributed by atoms with Gasteiger partial charge in [0.15, 0.2) is 6.61 Å². The molecule has 1 N–H and O–H groups in total. The van der Waals surface area contributed by atoms with E-state index in [0.29, 0.717) is 22.6 Å². The van der Waals surface area contributed by atoms with Crippen LogP contribution in [-0.4, -0.2) is 25.1 Å². The highest BCUT2D eigenvalue weighted by Crippen LogP contribution is 2.31. The van der Waals surface area contributed by atoms with Crippen molar-refractivity contribution in [3.8, 4) is 5.75 Å². The number of carbonyl (C=O) groups is 2. The van der Waals surface area contributed by atoms with Gasteiger partial charge in [0, 0.05) is 5.39 Å². The van der Waals surface area contributed by atoms with E-state index in [1.807, 2.05) is 24.3 Å². The van der Waals surface area contributed by atoms with Crippen LogP contribution in [0, 0.1) is 0 Å². The highest BCUT2D eigenvalue weighted by molar-refractivity contribution is 6.09. The number of furan rings is 1. The zero-order valence-corrected chi connectivity index (χ0v) is 16.2. The number of amides is 1. The predicted octanol–water partition coefficient (Wildman–Crippen LogP) is 4.75. The smallest absolute Gasteiger partial charge is 0.376 e. The average Bonchev–Trinajstić information content (AvgIpc) is 3.05. The normalized spacial score (nSPS) is 10.9. The van der Waals surface area contributed by atoms with Gasteiger partial charge in [0.25, 0.3) is 5.91 Å². The molecule has 0 saturated heterocycles. The first-order valence-corrected chi connectivity index (χ1v) is 9.20. The van der Waals surface area contributed by atoms with E-state index in [0.717, 1.165) is 0 Å². The van der Waals surface area contributed by atoms with Gasteiger partial charge in [-0.1, -0.05) is 38.1 Å². The highest BCUT2D eigenvalue weighted by Gasteiger charge is 2.23. The van der Waals surface area contributed by atoms with E-state index < -0.39 is 11.9 Å². The van der Waals surface area contributed by atoms with Crippen molar-refractivity contribution in [2.75, 3.05) is 18.5 Å². The fourth-order valence-electron chi connectivity index (χ4n) is 2.78. The van der Waals surface area contributed by atoms with Crippen molar-refractivity contribution in [3.63, 3.8) is 0 Å². The first-order chi connectivity index (χ1) is 13.5. The molecule has 146 valence electrons. The lowest BCUT2D eigenvalue weighted by Gasteiger charge is -2.09. The summed E-state index contributed by atoms with van der Waals surface area (Å²) < 4.78 is 16.2. The number of benzene rings is 2.